The maximum absolute atomic E-state index is 14.6. The summed E-state index contributed by atoms with van der Waals surface area (Å²) >= 11 is 0. The van der Waals surface area contributed by atoms with Crippen LogP contribution in [0.5, 0.6) is 0 Å². The Morgan fingerprint density at radius 2 is 1.97 bits per heavy atom. The number of aliphatic hydroxyl groups excluding tert-OH is 1. The summed E-state index contributed by atoms with van der Waals surface area (Å²) in [4.78, 5) is 29.9. The van der Waals surface area contributed by atoms with Gasteiger partial charge in [0.15, 0.2) is 0 Å². The summed E-state index contributed by atoms with van der Waals surface area (Å²) in [6, 6.07) is 9.40. The molecular formula is C24H22FN3O6S. The topological polar surface area (TPSA) is 119 Å². The molecule has 0 saturated carbocycles. The van der Waals surface area contributed by atoms with Crippen LogP contribution in [0.25, 0.3) is 11.1 Å². The van der Waals surface area contributed by atoms with E-state index in [1.807, 2.05) is 0 Å². The number of aliphatic hydroxyl groups is 1. The smallest absolute Gasteiger partial charge is 0.311 e. The van der Waals surface area contributed by atoms with E-state index in [0.717, 1.165) is 16.4 Å². The minimum atomic E-state index is -4.45. The zero-order valence-electron chi connectivity index (χ0n) is 18.6. The quantitative estimate of drug-likeness (QED) is 0.530. The predicted molar refractivity (Wildman–Crippen MR) is 122 cm³/mol. The number of carbonyl (C=O) groups is 1. The first-order valence-electron chi connectivity index (χ1n) is 10.9. The Kier molecular flexibility index (Phi) is 5.78. The van der Waals surface area contributed by atoms with Crippen molar-refractivity contribution in [3.63, 3.8) is 0 Å². The molecule has 2 aliphatic rings. The number of rotatable bonds is 5. The first kappa shape index (κ1) is 23.3. The number of hydrogen-bond acceptors (Lipinski definition) is 7. The average Bonchev–Trinajstić information content (AvgIpc) is 3.12. The molecule has 4 heterocycles. The van der Waals surface area contributed by atoms with Crippen molar-refractivity contribution < 1.29 is 27.4 Å². The van der Waals surface area contributed by atoms with Crippen LogP contribution in [-0.2, 0) is 26.1 Å². The molecule has 182 valence electrons. The molecule has 5 rings (SSSR count). The monoisotopic (exact) mass is 499 g/mol. The minimum Gasteiger partial charge on any atom is -0.469 e. The second-order valence-electron chi connectivity index (χ2n) is 8.50. The van der Waals surface area contributed by atoms with Gasteiger partial charge in [-0.25, -0.2) is 12.8 Å². The van der Waals surface area contributed by atoms with Crippen molar-refractivity contribution >= 4 is 16.0 Å². The SMILES string of the molecule is COC(=O)[C@@H]1[C@@H](CO)[C@@H]2Cn3c(ccc(-c4cccnc4)c3=O)[C@H]1N2S(=O)(=O)c1ccccc1F. The lowest BCUT2D eigenvalue weighted by atomic mass is 9.87. The van der Waals surface area contributed by atoms with Crippen molar-refractivity contribution in [2.45, 2.75) is 23.5 Å². The van der Waals surface area contributed by atoms with Crippen molar-refractivity contribution in [3.8, 4) is 11.1 Å². The van der Waals surface area contributed by atoms with Gasteiger partial charge in [0, 0.05) is 54.3 Å². The lowest BCUT2D eigenvalue weighted by molar-refractivity contribution is -0.148. The van der Waals surface area contributed by atoms with E-state index in [2.05, 4.69) is 4.98 Å². The van der Waals surface area contributed by atoms with Crippen LogP contribution in [-0.4, -0.2) is 53.1 Å². The largest absolute Gasteiger partial charge is 0.469 e. The van der Waals surface area contributed by atoms with Gasteiger partial charge in [-0.1, -0.05) is 18.2 Å². The summed E-state index contributed by atoms with van der Waals surface area (Å²) < 4.78 is 49.5. The van der Waals surface area contributed by atoms with Crippen molar-refractivity contribution in [2.75, 3.05) is 13.7 Å². The fraction of sp³-hybridized carbons (Fsp3) is 0.292. The van der Waals surface area contributed by atoms with E-state index >= 15 is 0 Å². The zero-order valence-corrected chi connectivity index (χ0v) is 19.4. The second-order valence-corrected chi connectivity index (χ2v) is 10.3. The summed E-state index contributed by atoms with van der Waals surface area (Å²) in [6.07, 6.45) is 3.13. The summed E-state index contributed by atoms with van der Waals surface area (Å²) in [5, 5.41) is 10.2. The normalized spacial score (nSPS) is 23.6. The summed E-state index contributed by atoms with van der Waals surface area (Å²) in [7, 11) is -3.28. The number of benzene rings is 1. The third-order valence-electron chi connectivity index (χ3n) is 6.83. The number of carbonyl (C=O) groups excluding carboxylic acids is 1. The van der Waals surface area contributed by atoms with Crippen molar-refractivity contribution in [3.05, 3.63) is 82.8 Å². The van der Waals surface area contributed by atoms with Gasteiger partial charge in [0.05, 0.1) is 19.1 Å². The Morgan fingerprint density at radius 3 is 2.63 bits per heavy atom. The van der Waals surface area contributed by atoms with E-state index in [1.54, 1.807) is 36.7 Å². The zero-order chi connectivity index (χ0) is 24.9. The highest BCUT2D eigenvalue weighted by Gasteiger charge is 2.60. The Hall–Kier alpha value is -3.41. The molecule has 1 aromatic carbocycles. The van der Waals surface area contributed by atoms with E-state index in [-0.39, 0.29) is 17.8 Å². The van der Waals surface area contributed by atoms with Gasteiger partial charge in [-0.3, -0.25) is 14.6 Å². The molecule has 3 aromatic rings. The predicted octanol–water partition coefficient (Wildman–Crippen LogP) is 1.57. The summed E-state index contributed by atoms with van der Waals surface area (Å²) in [5.41, 5.74) is 0.840. The number of hydrogen-bond donors (Lipinski definition) is 1. The average molecular weight is 500 g/mol. The molecule has 1 saturated heterocycles. The van der Waals surface area contributed by atoms with E-state index in [4.69, 9.17) is 4.74 Å². The fourth-order valence-corrected chi connectivity index (χ4v) is 7.21. The molecule has 4 atom stereocenters. The molecular weight excluding hydrogens is 477 g/mol. The number of aromatic nitrogens is 2. The van der Waals surface area contributed by atoms with Crippen LogP contribution >= 0.6 is 0 Å². The van der Waals surface area contributed by atoms with Gasteiger partial charge < -0.3 is 14.4 Å². The number of sulfonamides is 1. The number of pyridine rings is 2. The molecule has 0 aliphatic carbocycles. The highest BCUT2D eigenvalue weighted by atomic mass is 32.2. The van der Waals surface area contributed by atoms with Gasteiger partial charge in [0.2, 0.25) is 10.0 Å². The van der Waals surface area contributed by atoms with Gasteiger partial charge in [-0.2, -0.15) is 4.31 Å². The van der Waals surface area contributed by atoms with Crippen LogP contribution in [0, 0.1) is 17.7 Å². The van der Waals surface area contributed by atoms with Gasteiger partial charge >= 0.3 is 5.97 Å². The van der Waals surface area contributed by atoms with E-state index < -0.39 is 57.2 Å². The lowest BCUT2D eigenvalue weighted by Gasteiger charge is -2.37. The molecule has 0 spiro atoms. The van der Waals surface area contributed by atoms with Crippen LogP contribution in [0.4, 0.5) is 4.39 Å². The van der Waals surface area contributed by atoms with Gasteiger partial charge in [0.25, 0.3) is 5.56 Å². The van der Waals surface area contributed by atoms with Gasteiger partial charge in [-0.15, -0.1) is 0 Å². The minimum absolute atomic E-state index is 0.120. The Balaban J connectivity index is 1.73. The molecule has 2 aromatic heterocycles. The number of halogens is 1. The van der Waals surface area contributed by atoms with E-state index in [1.165, 1.54) is 23.8 Å². The Bertz CT molecular complexity index is 1460. The number of esters is 1. The molecule has 11 heteroatoms. The van der Waals surface area contributed by atoms with Gasteiger partial charge in [0.1, 0.15) is 10.7 Å². The Labute approximate surface area is 200 Å². The van der Waals surface area contributed by atoms with E-state index in [0.29, 0.717) is 11.1 Å². The summed E-state index contributed by atoms with van der Waals surface area (Å²) in [5.74, 6) is -3.61. The molecule has 2 bridgehead atoms. The second kappa shape index (κ2) is 8.67. The lowest BCUT2D eigenvalue weighted by Crippen LogP contribution is -2.49. The molecule has 0 unspecified atom stereocenters. The van der Waals surface area contributed by atoms with Gasteiger partial charge in [-0.05, 0) is 30.3 Å². The molecule has 2 aliphatic heterocycles. The highest BCUT2D eigenvalue weighted by Crippen LogP contribution is 2.51. The molecule has 0 amide bonds. The van der Waals surface area contributed by atoms with Crippen molar-refractivity contribution in [1.82, 2.24) is 13.9 Å². The van der Waals surface area contributed by atoms with Crippen LogP contribution in [0.2, 0.25) is 0 Å². The number of nitrogens with zero attached hydrogens (tertiary/aromatic N) is 3. The molecule has 0 radical (unpaired) electrons. The molecule has 9 nitrogen and oxygen atoms in total. The first-order chi connectivity index (χ1) is 16.8. The molecule has 1 N–H and O–H groups in total. The molecule has 1 fully saturated rings. The highest BCUT2D eigenvalue weighted by molar-refractivity contribution is 7.89. The van der Waals surface area contributed by atoms with Crippen molar-refractivity contribution in [2.24, 2.45) is 11.8 Å². The fourth-order valence-electron chi connectivity index (χ4n) is 5.30. The van der Waals surface area contributed by atoms with Crippen LogP contribution < -0.4 is 5.56 Å². The maximum atomic E-state index is 14.6. The number of ether oxygens (including phenoxy) is 1. The maximum Gasteiger partial charge on any atom is 0.311 e. The Morgan fingerprint density at radius 1 is 1.20 bits per heavy atom. The summed E-state index contributed by atoms with van der Waals surface area (Å²) in [6.45, 7) is -0.645. The standard InChI is InChI=1S/C24H22FN3O6S/c1-34-24(31)21-16(13-29)19-12-27-18(9-8-15(23(27)30)14-5-4-10-26-11-14)22(21)28(19)35(32,33)20-7-3-2-6-17(20)25/h2-11,16,19,21-22,29H,12-13H2,1H3/t16-,19-,21+,22+/m0/s1. The van der Waals surface area contributed by atoms with Crippen LogP contribution in [0.3, 0.4) is 0 Å². The molecule has 35 heavy (non-hydrogen) atoms. The number of methoxy groups -OCH3 is 1. The van der Waals surface area contributed by atoms with Crippen LogP contribution in [0.1, 0.15) is 11.7 Å². The first-order valence-corrected chi connectivity index (χ1v) is 12.4. The van der Waals surface area contributed by atoms with Crippen molar-refractivity contribution in [1.29, 1.82) is 0 Å². The third-order valence-corrected chi connectivity index (χ3v) is 8.77. The van der Waals surface area contributed by atoms with Crippen LogP contribution in [0.15, 0.2) is 70.6 Å². The number of fused-ring (bicyclic) bond motifs is 4. The van der Waals surface area contributed by atoms with E-state index in [9.17, 15) is 27.5 Å². The third kappa shape index (κ3) is 3.49.